The van der Waals surface area contributed by atoms with E-state index in [0.29, 0.717) is 19.6 Å². The predicted molar refractivity (Wildman–Crippen MR) is 478 cm³/mol. The highest BCUT2D eigenvalue weighted by molar-refractivity contribution is 7.00. The zero-order valence-electron chi connectivity index (χ0n) is 62.5. The van der Waals surface area contributed by atoms with Gasteiger partial charge in [-0.25, -0.2) is 0 Å². The fourth-order valence-corrected chi connectivity index (χ4v) is 19.2. The van der Waals surface area contributed by atoms with Gasteiger partial charge in [0.2, 0.25) is 0 Å². The molecular formula is C107H76BN5. The third kappa shape index (κ3) is 11.1. The molecule has 3 aromatic heterocycles. The molecule has 0 saturated heterocycles. The minimum atomic E-state index is -0.0816. The Hall–Kier alpha value is -14.2. The molecule has 0 atom stereocenters. The van der Waals surface area contributed by atoms with Crippen LogP contribution < -0.4 is 26.2 Å². The van der Waals surface area contributed by atoms with Gasteiger partial charge in [-0.05, 0) is 216 Å². The van der Waals surface area contributed by atoms with Crippen LogP contribution in [0.2, 0.25) is 0 Å². The average molecular weight is 1440 g/mol. The Morgan fingerprint density at radius 2 is 0.575 bits per heavy atom. The van der Waals surface area contributed by atoms with Crippen LogP contribution in [-0.4, -0.2) is 33.5 Å². The van der Waals surface area contributed by atoms with E-state index < -0.39 is 0 Å². The van der Waals surface area contributed by atoms with E-state index in [2.05, 4.69) is 424 Å². The van der Waals surface area contributed by atoms with Crippen LogP contribution in [-0.2, 0) is 19.4 Å². The van der Waals surface area contributed by atoms with Crippen molar-refractivity contribution in [2.75, 3.05) is 22.9 Å². The molecule has 6 heteroatoms. The van der Waals surface area contributed by atoms with Crippen LogP contribution in [0.5, 0.6) is 0 Å². The fraction of sp³-hybridized carbons (Fsp3) is 0.0467. The summed E-state index contributed by atoms with van der Waals surface area (Å²) in [6.45, 7) is 2.01. The summed E-state index contributed by atoms with van der Waals surface area (Å²) in [5.74, 6) is 0. The number of para-hydroxylation sites is 7. The van der Waals surface area contributed by atoms with Gasteiger partial charge in [-0.3, -0.25) is 0 Å². The molecule has 22 rings (SSSR count). The maximum atomic E-state index is 2.75. The first-order valence-corrected chi connectivity index (χ1v) is 39.7. The van der Waals surface area contributed by atoms with Crippen molar-refractivity contribution in [2.24, 2.45) is 0 Å². The van der Waals surface area contributed by atoms with Crippen molar-refractivity contribution in [3.63, 3.8) is 0 Å². The van der Waals surface area contributed by atoms with Crippen molar-refractivity contribution in [2.45, 2.75) is 19.4 Å². The molecule has 0 saturated carbocycles. The van der Waals surface area contributed by atoms with Crippen LogP contribution in [0.15, 0.2) is 400 Å². The van der Waals surface area contributed by atoms with Gasteiger partial charge in [0.1, 0.15) is 0 Å². The van der Waals surface area contributed by atoms with Crippen molar-refractivity contribution in [3.8, 4) is 78.1 Å². The monoisotopic (exact) mass is 1440 g/mol. The largest absolute Gasteiger partial charge is 0.342 e. The summed E-state index contributed by atoms with van der Waals surface area (Å²) in [5.41, 5.74) is 37.0. The summed E-state index contributed by atoms with van der Waals surface area (Å²) < 4.78 is 7.39. The molecule has 17 aromatic carbocycles. The van der Waals surface area contributed by atoms with Gasteiger partial charge in [-0.15, -0.1) is 0 Å². The number of hydrogen-bond acceptors (Lipinski definition) is 2. The third-order valence-electron chi connectivity index (χ3n) is 24.2. The van der Waals surface area contributed by atoms with Gasteiger partial charge in [0.05, 0.1) is 22.1 Å². The van der Waals surface area contributed by atoms with Gasteiger partial charge >= 0.3 is 0 Å². The summed E-state index contributed by atoms with van der Waals surface area (Å²) in [7, 11) is 0. The summed E-state index contributed by atoms with van der Waals surface area (Å²) in [6, 6.07) is 150. The summed E-state index contributed by atoms with van der Waals surface area (Å²) in [5, 5.41) is 7.49. The zero-order valence-corrected chi connectivity index (χ0v) is 62.5. The van der Waals surface area contributed by atoms with Gasteiger partial charge in [-0.2, -0.15) is 0 Å². The minimum Gasteiger partial charge on any atom is -0.342 e. The third-order valence-corrected chi connectivity index (χ3v) is 24.2. The van der Waals surface area contributed by atoms with Gasteiger partial charge < -0.3 is 23.5 Å². The highest BCUT2D eigenvalue weighted by atomic mass is 15.2. The zero-order chi connectivity index (χ0) is 74.5. The molecule has 0 bridgehead atoms. The van der Waals surface area contributed by atoms with Gasteiger partial charge in [-0.1, -0.05) is 297 Å². The quantitative estimate of drug-likeness (QED) is 0.0899. The number of aromatic nitrogens is 3. The summed E-state index contributed by atoms with van der Waals surface area (Å²) >= 11 is 0. The standard InChI is InChI=1S/C107H76BN5/c1-6-29-73(30-7-1)83-45-27-46-84(74-31-8-2-9-32-74)87(83)62-64-110-104-70-79(78-57-60-102-94(69-78)92-44-19-24-53-100(92)113(102)82-39-14-5-15-40-82)55-58-96(104)108-95-49-20-25-54-103(95)109(105-65-72(66-106(110)107(105)108)71-111-97-50-21-16-41-89(97)90-42-17-22-51-98(90)111)63-61-88-85(75-33-10-3-11-34-75)47-28-48-86(88)80-36-26-35-76(67-80)77-56-59-101-93(68-77)91-43-18-23-52-99(91)112(101)81-37-12-4-13-38-81/h1-60,65-70H,61-64,71H2. The fourth-order valence-electron chi connectivity index (χ4n) is 19.2. The maximum absolute atomic E-state index is 2.75. The van der Waals surface area contributed by atoms with Crippen molar-refractivity contribution in [1.82, 2.24) is 13.7 Å². The van der Waals surface area contributed by atoms with Crippen LogP contribution in [0.4, 0.5) is 22.7 Å². The maximum Gasteiger partial charge on any atom is 0.252 e. The predicted octanol–water partition coefficient (Wildman–Crippen LogP) is 24.9. The Labute approximate surface area is 658 Å². The minimum absolute atomic E-state index is 0.0816. The molecule has 0 amide bonds. The molecule has 2 aliphatic rings. The Morgan fingerprint density at radius 1 is 0.221 bits per heavy atom. The molecular weight excluding hydrogens is 1370 g/mol. The van der Waals surface area contributed by atoms with Gasteiger partial charge in [0.15, 0.2) is 0 Å². The number of rotatable bonds is 16. The van der Waals surface area contributed by atoms with Crippen LogP contribution in [0.3, 0.4) is 0 Å². The molecule has 5 heterocycles. The van der Waals surface area contributed by atoms with Crippen LogP contribution in [0.25, 0.3) is 144 Å². The molecule has 0 aliphatic carbocycles. The lowest BCUT2D eigenvalue weighted by Crippen LogP contribution is -2.62. The van der Waals surface area contributed by atoms with E-state index in [9.17, 15) is 0 Å². The lowest BCUT2D eigenvalue weighted by atomic mass is 9.33. The van der Waals surface area contributed by atoms with Crippen LogP contribution >= 0.6 is 0 Å². The number of nitrogens with zero attached hydrogens (tertiary/aromatic N) is 5. The van der Waals surface area contributed by atoms with Gasteiger partial charge in [0, 0.05) is 97.1 Å². The molecule has 532 valence electrons. The van der Waals surface area contributed by atoms with Crippen LogP contribution in [0.1, 0.15) is 16.7 Å². The average Bonchev–Trinajstić information content (AvgIpc) is 1.58. The highest BCUT2D eigenvalue weighted by Gasteiger charge is 2.43. The van der Waals surface area contributed by atoms with Crippen LogP contribution in [0, 0.1) is 0 Å². The molecule has 0 spiro atoms. The normalized spacial score (nSPS) is 12.4. The number of fused-ring (bicyclic) bond motifs is 13. The van der Waals surface area contributed by atoms with E-state index in [1.807, 2.05) is 0 Å². The van der Waals surface area contributed by atoms with E-state index in [4.69, 9.17) is 0 Å². The van der Waals surface area contributed by atoms with Crippen molar-refractivity contribution in [3.05, 3.63) is 417 Å². The first-order chi connectivity index (χ1) is 56.1. The van der Waals surface area contributed by atoms with E-state index in [1.54, 1.807) is 0 Å². The first kappa shape index (κ1) is 65.8. The SMILES string of the molecule is c1ccc(-c2cccc(-c3cccc(-c4ccc5c(c4)c4ccccc4n5-c4ccccc4)c3)c2CCN2c3ccccc3B3c4ccc(-c5ccc6c(c5)c5ccccc5n6-c5ccccc5)cc4N(CCc4c(-c5ccccc5)cccc4-c4ccccc4)c4cc(Cn5c6ccccc6c6ccccc65)cc2c43)cc1. The Kier molecular flexibility index (Phi) is 16.0. The molecule has 0 N–H and O–H groups in total. The molecule has 2 aliphatic heterocycles. The van der Waals surface area contributed by atoms with E-state index in [1.165, 1.54) is 188 Å². The van der Waals surface area contributed by atoms with Crippen molar-refractivity contribution >= 4 is 111 Å². The lowest BCUT2D eigenvalue weighted by Gasteiger charge is -2.45. The van der Waals surface area contributed by atoms with Gasteiger partial charge in [0.25, 0.3) is 6.71 Å². The van der Waals surface area contributed by atoms with E-state index in [0.717, 1.165) is 24.2 Å². The van der Waals surface area contributed by atoms with E-state index in [-0.39, 0.29) is 6.71 Å². The topological polar surface area (TPSA) is 21.3 Å². The highest BCUT2D eigenvalue weighted by Crippen LogP contribution is 2.46. The summed E-state index contributed by atoms with van der Waals surface area (Å²) in [4.78, 5) is 5.47. The number of anilines is 4. The lowest BCUT2D eigenvalue weighted by molar-refractivity contribution is 0.860. The van der Waals surface area contributed by atoms with Crippen molar-refractivity contribution < 1.29 is 0 Å². The summed E-state index contributed by atoms with van der Waals surface area (Å²) in [6.07, 6.45) is 1.53. The number of hydrogen-bond donors (Lipinski definition) is 0. The smallest absolute Gasteiger partial charge is 0.252 e. The second-order valence-electron chi connectivity index (χ2n) is 30.4. The molecule has 5 nitrogen and oxygen atoms in total. The Bertz CT molecular complexity index is 6990. The molecule has 0 radical (unpaired) electrons. The Morgan fingerprint density at radius 3 is 1.08 bits per heavy atom. The van der Waals surface area contributed by atoms with Crippen molar-refractivity contribution in [1.29, 1.82) is 0 Å². The molecule has 113 heavy (non-hydrogen) atoms. The molecule has 0 fully saturated rings. The van der Waals surface area contributed by atoms with E-state index >= 15 is 0 Å². The molecule has 20 aromatic rings. The second-order valence-corrected chi connectivity index (χ2v) is 30.4. The molecule has 0 unspecified atom stereocenters. The first-order valence-electron chi connectivity index (χ1n) is 39.7. The number of benzene rings is 17. The Balaban J connectivity index is 0.732. The second kappa shape index (κ2) is 27.4.